The van der Waals surface area contributed by atoms with Gasteiger partial charge < -0.3 is 0 Å². The molecule has 0 saturated carbocycles. The van der Waals surface area contributed by atoms with Crippen LogP contribution in [0.1, 0.15) is 5.69 Å². The number of hydrogen-bond donors (Lipinski definition) is 0. The number of nitrogens with zero attached hydrogens (tertiary/aromatic N) is 1. The van der Waals surface area contributed by atoms with Gasteiger partial charge in [0, 0.05) is 19.1 Å². The van der Waals surface area contributed by atoms with E-state index in [2.05, 4.69) is 35.0 Å². The molecule has 2 heteroatoms. The van der Waals surface area contributed by atoms with Crippen molar-refractivity contribution in [2.45, 2.75) is 6.92 Å². The van der Waals surface area contributed by atoms with Crippen LogP contribution in [-0.4, -0.2) is 0 Å². The first-order valence-electron chi connectivity index (χ1n) is 3.22. The molecule has 2 heterocycles. The SMILES string of the molecule is Cc1csc2cccc[n+]12. The van der Waals surface area contributed by atoms with Gasteiger partial charge in [0.05, 0.1) is 5.38 Å². The Morgan fingerprint density at radius 3 is 3.10 bits per heavy atom. The van der Waals surface area contributed by atoms with E-state index in [-0.39, 0.29) is 0 Å². The van der Waals surface area contributed by atoms with Gasteiger partial charge in [-0.25, -0.2) is 0 Å². The van der Waals surface area contributed by atoms with Crippen molar-refractivity contribution in [3.8, 4) is 0 Å². The molecule has 0 bridgehead atoms. The van der Waals surface area contributed by atoms with E-state index in [0.29, 0.717) is 0 Å². The van der Waals surface area contributed by atoms with Crippen LogP contribution in [0.2, 0.25) is 0 Å². The van der Waals surface area contributed by atoms with Gasteiger partial charge in [0.1, 0.15) is 0 Å². The van der Waals surface area contributed by atoms with Gasteiger partial charge in [0.2, 0.25) is 0 Å². The topological polar surface area (TPSA) is 4.10 Å². The number of thiazole rings is 1. The summed E-state index contributed by atoms with van der Waals surface area (Å²) < 4.78 is 2.19. The Bertz CT molecular complexity index is 351. The van der Waals surface area contributed by atoms with Gasteiger partial charge in [-0.05, 0) is 6.07 Å². The second-order valence-corrected chi connectivity index (χ2v) is 3.18. The summed E-state index contributed by atoms with van der Waals surface area (Å²) in [6.45, 7) is 2.11. The van der Waals surface area contributed by atoms with Crippen molar-refractivity contribution < 1.29 is 4.40 Å². The minimum Gasteiger partial charge on any atom is -0.155 e. The first kappa shape index (κ1) is 5.86. The van der Waals surface area contributed by atoms with Crippen LogP contribution in [0.25, 0.3) is 4.83 Å². The summed E-state index contributed by atoms with van der Waals surface area (Å²) in [6, 6.07) is 6.23. The van der Waals surface area contributed by atoms with E-state index in [4.69, 9.17) is 0 Å². The van der Waals surface area contributed by atoms with Crippen LogP contribution in [0.3, 0.4) is 0 Å². The Morgan fingerprint density at radius 2 is 2.30 bits per heavy atom. The third kappa shape index (κ3) is 0.727. The molecule has 0 fully saturated rings. The normalized spacial score (nSPS) is 10.5. The monoisotopic (exact) mass is 150 g/mol. The first-order valence-corrected chi connectivity index (χ1v) is 4.10. The molecule has 10 heavy (non-hydrogen) atoms. The molecule has 2 rings (SSSR count). The number of hydrogen-bond acceptors (Lipinski definition) is 1. The van der Waals surface area contributed by atoms with E-state index in [9.17, 15) is 0 Å². The third-order valence-electron chi connectivity index (χ3n) is 1.55. The first-order chi connectivity index (χ1) is 4.88. The van der Waals surface area contributed by atoms with E-state index in [1.54, 1.807) is 11.3 Å². The lowest BCUT2D eigenvalue weighted by Gasteiger charge is -1.79. The lowest BCUT2D eigenvalue weighted by atomic mass is 10.5. The highest BCUT2D eigenvalue weighted by Crippen LogP contribution is 2.06. The third-order valence-corrected chi connectivity index (χ3v) is 2.59. The minimum atomic E-state index is 1.31. The predicted octanol–water partition coefficient (Wildman–Crippen LogP) is 1.80. The Kier molecular flexibility index (Phi) is 1.21. The summed E-state index contributed by atoms with van der Waals surface area (Å²) in [5.41, 5.74) is 1.31. The van der Waals surface area contributed by atoms with Gasteiger partial charge in [-0.3, -0.25) is 0 Å². The predicted molar refractivity (Wildman–Crippen MR) is 42.2 cm³/mol. The molecular weight excluding hydrogens is 142 g/mol. The van der Waals surface area contributed by atoms with E-state index >= 15 is 0 Å². The summed E-state index contributed by atoms with van der Waals surface area (Å²) in [4.78, 5) is 1.31. The second kappa shape index (κ2) is 2.06. The summed E-state index contributed by atoms with van der Waals surface area (Å²) in [5.74, 6) is 0. The maximum atomic E-state index is 2.19. The Balaban J connectivity index is 2.93. The number of rotatable bonds is 0. The molecule has 50 valence electrons. The van der Waals surface area contributed by atoms with Gasteiger partial charge in [-0.15, -0.1) is 0 Å². The van der Waals surface area contributed by atoms with E-state index in [1.807, 2.05) is 6.07 Å². The van der Waals surface area contributed by atoms with Crippen LogP contribution < -0.4 is 4.40 Å². The fourth-order valence-corrected chi connectivity index (χ4v) is 1.90. The average Bonchev–Trinajstić information content (AvgIpc) is 2.34. The molecule has 0 spiro atoms. The molecule has 2 aromatic heterocycles. The van der Waals surface area contributed by atoms with Gasteiger partial charge in [-0.1, -0.05) is 11.3 Å². The number of pyridine rings is 1. The van der Waals surface area contributed by atoms with Crippen LogP contribution in [0.4, 0.5) is 0 Å². The molecule has 0 atom stereocenters. The molecule has 0 aliphatic rings. The zero-order chi connectivity index (χ0) is 6.97. The standard InChI is InChI=1S/C8H8NS/c1-7-6-10-8-4-2-3-5-9(7)8/h2-6H,1H3/q+1. The largest absolute Gasteiger partial charge is 0.267 e. The quantitative estimate of drug-likeness (QED) is 0.504. The van der Waals surface area contributed by atoms with Crippen molar-refractivity contribution in [3.63, 3.8) is 0 Å². The summed E-state index contributed by atoms with van der Waals surface area (Å²) in [5, 5.41) is 2.16. The van der Waals surface area contributed by atoms with Crippen molar-refractivity contribution >= 4 is 16.2 Å². The fourth-order valence-electron chi connectivity index (χ4n) is 1.02. The number of fused-ring (bicyclic) bond motifs is 1. The second-order valence-electron chi connectivity index (χ2n) is 2.29. The highest BCUT2D eigenvalue weighted by molar-refractivity contribution is 7.15. The van der Waals surface area contributed by atoms with Crippen LogP contribution in [0.15, 0.2) is 29.8 Å². The van der Waals surface area contributed by atoms with Crippen molar-refractivity contribution in [2.24, 2.45) is 0 Å². The molecule has 0 N–H and O–H groups in total. The lowest BCUT2D eigenvalue weighted by Crippen LogP contribution is -2.20. The molecule has 0 aliphatic heterocycles. The number of aromatic nitrogens is 1. The fraction of sp³-hybridized carbons (Fsp3) is 0.125. The van der Waals surface area contributed by atoms with Gasteiger partial charge in [0.15, 0.2) is 11.9 Å². The van der Waals surface area contributed by atoms with Crippen LogP contribution in [0.5, 0.6) is 0 Å². The Hall–Kier alpha value is -0.890. The smallest absolute Gasteiger partial charge is 0.155 e. The molecule has 0 amide bonds. The summed E-state index contributed by atoms with van der Waals surface area (Å²) >= 11 is 1.78. The van der Waals surface area contributed by atoms with Crippen molar-refractivity contribution in [2.75, 3.05) is 0 Å². The summed E-state index contributed by atoms with van der Waals surface area (Å²) in [7, 11) is 0. The summed E-state index contributed by atoms with van der Waals surface area (Å²) in [6.07, 6.45) is 2.08. The van der Waals surface area contributed by atoms with E-state index in [1.165, 1.54) is 10.5 Å². The molecule has 0 aromatic carbocycles. The van der Waals surface area contributed by atoms with E-state index < -0.39 is 0 Å². The number of aryl methyl sites for hydroxylation is 1. The maximum absolute atomic E-state index is 2.19. The molecule has 2 aromatic rings. The van der Waals surface area contributed by atoms with Crippen LogP contribution >= 0.6 is 11.3 Å². The van der Waals surface area contributed by atoms with Gasteiger partial charge in [0.25, 0.3) is 4.83 Å². The zero-order valence-corrected chi connectivity index (χ0v) is 6.56. The van der Waals surface area contributed by atoms with E-state index in [0.717, 1.165) is 0 Å². The zero-order valence-electron chi connectivity index (χ0n) is 5.74. The van der Waals surface area contributed by atoms with Gasteiger partial charge >= 0.3 is 0 Å². The molecule has 0 unspecified atom stereocenters. The Morgan fingerprint density at radius 1 is 1.40 bits per heavy atom. The lowest BCUT2D eigenvalue weighted by molar-refractivity contribution is -0.515. The molecular formula is C8H8NS+. The highest BCUT2D eigenvalue weighted by Gasteiger charge is 2.04. The van der Waals surface area contributed by atoms with Crippen molar-refractivity contribution in [1.82, 2.24) is 0 Å². The highest BCUT2D eigenvalue weighted by atomic mass is 32.1. The molecule has 0 radical (unpaired) electrons. The van der Waals surface area contributed by atoms with Crippen LogP contribution in [0, 0.1) is 6.92 Å². The van der Waals surface area contributed by atoms with Gasteiger partial charge in [-0.2, -0.15) is 4.40 Å². The Labute approximate surface area is 63.6 Å². The molecule has 0 saturated heterocycles. The van der Waals surface area contributed by atoms with Crippen LogP contribution in [-0.2, 0) is 0 Å². The van der Waals surface area contributed by atoms with Crippen molar-refractivity contribution in [3.05, 3.63) is 35.5 Å². The maximum Gasteiger partial charge on any atom is 0.267 e. The molecule has 1 nitrogen and oxygen atoms in total. The average molecular weight is 150 g/mol. The molecule has 0 aliphatic carbocycles. The van der Waals surface area contributed by atoms with Crippen molar-refractivity contribution in [1.29, 1.82) is 0 Å². The minimum absolute atomic E-state index is 1.31.